The van der Waals surface area contributed by atoms with Crippen LogP contribution in [0.3, 0.4) is 0 Å². The normalized spacial score (nSPS) is 16.7. The third-order valence-electron chi connectivity index (χ3n) is 4.28. The number of para-hydroxylation sites is 1. The summed E-state index contributed by atoms with van der Waals surface area (Å²) in [7, 11) is 1.95. The Morgan fingerprint density at radius 1 is 1.14 bits per heavy atom. The predicted octanol–water partition coefficient (Wildman–Crippen LogP) is 3.32. The average Bonchev–Trinajstić information content (AvgIpc) is 2.56. The predicted molar refractivity (Wildman–Crippen MR) is 90.0 cm³/mol. The quantitative estimate of drug-likeness (QED) is 0.938. The summed E-state index contributed by atoms with van der Waals surface area (Å²) in [6, 6.07) is 18.6. The Kier molecular flexibility index (Phi) is 4.42. The van der Waals surface area contributed by atoms with E-state index in [0.717, 1.165) is 24.9 Å². The van der Waals surface area contributed by atoms with Gasteiger partial charge in [0.15, 0.2) is 0 Å². The summed E-state index contributed by atoms with van der Waals surface area (Å²) < 4.78 is 0. The number of nitrogens with one attached hydrogen (secondary N) is 1. The van der Waals surface area contributed by atoms with Gasteiger partial charge in [-0.25, -0.2) is 0 Å². The fourth-order valence-electron chi connectivity index (χ4n) is 3.13. The number of nitrogens with zero attached hydrogens (tertiary/aromatic N) is 1. The molecule has 0 aliphatic heterocycles. The van der Waals surface area contributed by atoms with Crippen molar-refractivity contribution in [1.29, 1.82) is 0 Å². The molecule has 1 amide bonds. The molecule has 0 aromatic heterocycles. The maximum atomic E-state index is 12.4. The van der Waals surface area contributed by atoms with E-state index in [-0.39, 0.29) is 11.9 Å². The minimum Gasteiger partial charge on any atom is -0.365 e. The zero-order chi connectivity index (χ0) is 15.4. The number of amides is 1. The molecule has 2 aromatic carbocycles. The number of fused-ring (bicyclic) bond motifs is 1. The van der Waals surface area contributed by atoms with Crippen LogP contribution in [0.1, 0.15) is 30.0 Å². The first kappa shape index (κ1) is 14.6. The van der Waals surface area contributed by atoms with Crippen molar-refractivity contribution in [3.63, 3.8) is 0 Å². The first-order valence-electron chi connectivity index (χ1n) is 7.87. The summed E-state index contributed by atoms with van der Waals surface area (Å²) in [5, 5.41) is 3.20. The Bertz CT molecular complexity index is 639. The highest BCUT2D eigenvalue weighted by Gasteiger charge is 2.21. The molecule has 0 spiro atoms. The molecule has 0 saturated carbocycles. The van der Waals surface area contributed by atoms with Gasteiger partial charge in [-0.05, 0) is 42.5 Å². The molecule has 0 fully saturated rings. The van der Waals surface area contributed by atoms with Gasteiger partial charge >= 0.3 is 0 Å². The Morgan fingerprint density at radius 2 is 1.86 bits per heavy atom. The molecular formula is C19H22N2O. The lowest BCUT2D eigenvalue weighted by atomic mass is 9.88. The number of hydrogen-bond acceptors (Lipinski definition) is 2. The Balaban J connectivity index is 1.63. The second-order valence-corrected chi connectivity index (χ2v) is 5.90. The van der Waals surface area contributed by atoms with Crippen molar-refractivity contribution in [3.05, 3.63) is 65.7 Å². The number of hydrogen-bond donors (Lipinski definition) is 1. The molecule has 1 atom stereocenters. The van der Waals surface area contributed by atoms with Crippen LogP contribution in [0.2, 0.25) is 0 Å². The van der Waals surface area contributed by atoms with E-state index in [1.165, 1.54) is 11.1 Å². The van der Waals surface area contributed by atoms with Crippen LogP contribution in [-0.4, -0.2) is 19.5 Å². The standard InChI is InChI=1S/C19H22N2O/c1-21(16-10-3-2-4-11-16)14-19(22)20-18-13-7-9-15-8-5-6-12-17(15)18/h2-6,8,10-12,18H,7,9,13-14H2,1H3,(H,20,22). The van der Waals surface area contributed by atoms with Crippen molar-refractivity contribution in [3.8, 4) is 0 Å². The highest BCUT2D eigenvalue weighted by Crippen LogP contribution is 2.29. The van der Waals surface area contributed by atoms with Gasteiger partial charge in [0, 0.05) is 12.7 Å². The zero-order valence-corrected chi connectivity index (χ0v) is 13.0. The lowest BCUT2D eigenvalue weighted by molar-refractivity contribution is -0.120. The SMILES string of the molecule is CN(CC(=O)NC1CCCc2ccccc21)c1ccccc1. The van der Waals surface area contributed by atoms with Gasteiger partial charge in [0.25, 0.3) is 0 Å². The molecule has 22 heavy (non-hydrogen) atoms. The van der Waals surface area contributed by atoms with Crippen molar-refractivity contribution < 1.29 is 4.79 Å². The minimum absolute atomic E-state index is 0.0769. The van der Waals surface area contributed by atoms with Crippen LogP contribution in [0, 0.1) is 0 Å². The maximum Gasteiger partial charge on any atom is 0.239 e. The van der Waals surface area contributed by atoms with E-state index < -0.39 is 0 Å². The number of likely N-dealkylation sites (N-methyl/N-ethyl adjacent to an activating group) is 1. The fraction of sp³-hybridized carbons (Fsp3) is 0.316. The molecule has 114 valence electrons. The molecular weight excluding hydrogens is 272 g/mol. The molecule has 1 unspecified atom stereocenters. The molecule has 0 saturated heterocycles. The fourth-order valence-corrected chi connectivity index (χ4v) is 3.13. The monoisotopic (exact) mass is 294 g/mol. The Labute approximate surface area is 132 Å². The summed E-state index contributed by atoms with van der Waals surface area (Å²) in [5.74, 6) is 0.0769. The van der Waals surface area contributed by atoms with Crippen molar-refractivity contribution in [2.24, 2.45) is 0 Å². The summed E-state index contributed by atoms with van der Waals surface area (Å²) in [4.78, 5) is 14.3. The van der Waals surface area contributed by atoms with E-state index in [4.69, 9.17) is 0 Å². The molecule has 3 heteroatoms. The highest BCUT2D eigenvalue weighted by molar-refractivity contribution is 5.81. The number of carbonyl (C=O) groups excluding carboxylic acids is 1. The van der Waals surface area contributed by atoms with Gasteiger partial charge in [0.1, 0.15) is 0 Å². The van der Waals surface area contributed by atoms with Crippen LogP contribution in [0.25, 0.3) is 0 Å². The van der Waals surface area contributed by atoms with Gasteiger partial charge in [-0.1, -0.05) is 42.5 Å². The van der Waals surface area contributed by atoms with E-state index in [1.54, 1.807) is 0 Å². The van der Waals surface area contributed by atoms with Gasteiger partial charge in [-0.15, -0.1) is 0 Å². The highest BCUT2D eigenvalue weighted by atomic mass is 16.2. The van der Waals surface area contributed by atoms with E-state index in [9.17, 15) is 4.79 Å². The van der Waals surface area contributed by atoms with Crippen LogP contribution < -0.4 is 10.2 Å². The van der Waals surface area contributed by atoms with Crippen molar-refractivity contribution in [2.75, 3.05) is 18.5 Å². The summed E-state index contributed by atoms with van der Waals surface area (Å²) in [6.45, 7) is 0.378. The lowest BCUT2D eigenvalue weighted by Gasteiger charge is -2.27. The molecule has 0 heterocycles. The number of rotatable bonds is 4. The van der Waals surface area contributed by atoms with Crippen molar-refractivity contribution in [1.82, 2.24) is 5.32 Å². The van der Waals surface area contributed by atoms with Crippen LogP contribution in [0.15, 0.2) is 54.6 Å². The third-order valence-corrected chi connectivity index (χ3v) is 4.28. The third kappa shape index (κ3) is 3.30. The van der Waals surface area contributed by atoms with Crippen molar-refractivity contribution in [2.45, 2.75) is 25.3 Å². The number of anilines is 1. The minimum atomic E-state index is 0.0769. The molecule has 3 nitrogen and oxygen atoms in total. The average molecular weight is 294 g/mol. The van der Waals surface area contributed by atoms with Crippen molar-refractivity contribution >= 4 is 11.6 Å². The van der Waals surface area contributed by atoms with Gasteiger partial charge < -0.3 is 10.2 Å². The van der Waals surface area contributed by atoms with Crippen LogP contribution >= 0.6 is 0 Å². The van der Waals surface area contributed by atoms with E-state index >= 15 is 0 Å². The zero-order valence-electron chi connectivity index (χ0n) is 13.0. The van der Waals surface area contributed by atoms with Gasteiger partial charge in [0.05, 0.1) is 12.6 Å². The first-order valence-corrected chi connectivity index (χ1v) is 7.87. The summed E-state index contributed by atoms with van der Waals surface area (Å²) in [6.07, 6.45) is 3.28. The molecule has 1 aliphatic rings. The van der Waals surface area contributed by atoms with E-state index in [2.05, 4.69) is 29.6 Å². The van der Waals surface area contributed by atoms with Gasteiger partial charge in [0.2, 0.25) is 5.91 Å². The number of aryl methyl sites for hydroxylation is 1. The largest absolute Gasteiger partial charge is 0.365 e. The van der Waals surface area contributed by atoms with Gasteiger partial charge in [-0.3, -0.25) is 4.79 Å². The number of benzene rings is 2. The van der Waals surface area contributed by atoms with Crippen LogP contribution in [0.4, 0.5) is 5.69 Å². The van der Waals surface area contributed by atoms with E-state index in [0.29, 0.717) is 6.54 Å². The lowest BCUT2D eigenvalue weighted by Crippen LogP contribution is -2.38. The molecule has 3 rings (SSSR count). The smallest absolute Gasteiger partial charge is 0.239 e. The first-order chi connectivity index (χ1) is 10.7. The summed E-state index contributed by atoms with van der Waals surface area (Å²) in [5.41, 5.74) is 3.71. The molecule has 0 radical (unpaired) electrons. The summed E-state index contributed by atoms with van der Waals surface area (Å²) >= 11 is 0. The Hall–Kier alpha value is -2.29. The Morgan fingerprint density at radius 3 is 2.68 bits per heavy atom. The molecule has 1 aliphatic carbocycles. The van der Waals surface area contributed by atoms with E-state index in [1.807, 2.05) is 42.3 Å². The topological polar surface area (TPSA) is 32.3 Å². The second-order valence-electron chi connectivity index (χ2n) is 5.90. The molecule has 0 bridgehead atoms. The second kappa shape index (κ2) is 6.65. The molecule has 2 aromatic rings. The van der Waals surface area contributed by atoms with Gasteiger partial charge in [-0.2, -0.15) is 0 Å². The maximum absolute atomic E-state index is 12.4. The molecule has 1 N–H and O–H groups in total. The van der Waals surface area contributed by atoms with Crippen LogP contribution in [-0.2, 0) is 11.2 Å². The van der Waals surface area contributed by atoms with Crippen LogP contribution in [0.5, 0.6) is 0 Å². The number of carbonyl (C=O) groups is 1.